The van der Waals surface area contributed by atoms with Gasteiger partial charge in [-0.25, -0.2) is 19.2 Å². The second kappa shape index (κ2) is 8.13. The first kappa shape index (κ1) is 21.9. The van der Waals surface area contributed by atoms with Gasteiger partial charge < -0.3 is 5.32 Å². The van der Waals surface area contributed by atoms with Crippen LogP contribution in [0.2, 0.25) is 0 Å². The van der Waals surface area contributed by atoms with E-state index in [4.69, 9.17) is 0 Å². The fourth-order valence-electron chi connectivity index (χ4n) is 3.94. The second-order valence-corrected chi connectivity index (χ2v) is 7.47. The van der Waals surface area contributed by atoms with Crippen LogP contribution in [0.15, 0.2) is 18.2 Å². The van der Waals surface area contributed by atoms with Crippen molar-refractivity contribution in [2.75, 3.05) is 20.8 Å². The average molecular weight is 421 g/mol. The van der Waals surface area contributed by atoms with Gasteiger partial charge in [-0.15, -0.1) is 0 Å². The summed E-state index contributed by atoms with van der Waals surface area (Å²) in [6.45, 7) is 0.975. The van der Waals surface area contributed by atoms with Gasteiger partial charge in [-0.2, -0.15) is 13.2 Å². The first-order valence-corrected chi connectivity index (χ1v) is 9.28. The van der Waals surface area contributed by atoms with Gasteiger partial charge in [0.25, 0.3) is 0 Å². The molecule has 11 heteroatoms. The molecule has 0 radical (unpaired) electrons. The third kappa shape index (κ3) is 4.09. The summed E-state index contributed by atoms with van der Waals surface area (Å²) in [5.41, 5.74) is 1.92. The Kier molecular flexibility index (Phi) is 6.13. The number of halogens is 5. The number of nitrogens with one attached hydrogen (secondary N) is 3. The predicted molar refractivity (Wildman–Crippen MR) is 95.2 cm³/mol. The van der Waals surface area contributed by atoms with E-state index in [0.717, 1.165) is 6.07 Å². The fourth-order valence-corrected chi connectivity index (χ4v) is 3.94. The quantitative estimate of drug-likeness (QED) is 0.635. The molecule has 0 aliphatic carbocycles. The van der Waals surface area contributed by atoms with E-state index < -0.39 is 54.7 Å². The third-order valence-corrected chi connectivity index (χ3v) is 5.39. The van der Waals surface area contributed by atoms with Crippen molar-refractivity contribution in [3.8, 4) is 0 Å². The van der Waals surface area contributed by atoms with E-state index in [9.17, 15) is 26.7 Å². The smallest absolute Gasteiger partial charge is 0.327 e. The molecule has 1 aromatic carbocycles. The number of alkyl halides is 4. The number of rotatable bonds is 5. The van der Waals surface area contributed by atoms with E-state index in [-0.39, 0.29) is 5.91 Å². The molecule has 29 heavy (non-hydrogen) atoms. The standard InChI is InChI=1S/C18H24F5N5O/c1-4-13(9-5-6-10(11(20)7-9)18(21,22)23)28-15-14(12(8-19)26-28)16(29)25-17(24-15)27(2)3/h5-7,12-15,17,24,26H,4,8H2,1-3H3,(H,25,29). The largest absolute Gasteiger partial charge is 0.419 e. The Morgan fingerprint density at radius 2 is 1.97 bits per heavy atom. The molecule has 1 aromatic rings. The van der Waals surface area contributed by atoms with Gasteiger partial charge in [0.05, 0.1) is 29.7 Å². The van der Waals surface area contributed by atoms with E-state index in [0.29, 0.717) is 18.1 Å². The van der Waals surface area contributed by atoms with Gasteiger partial charge in [-0.05, 0) is 38.2 Å². The lowest BCUT2D eigenvalue weighted by Crippen LogP contribution is -2.68. The maximum absolute atomic E-state index is 14.1. The van der Waals surface area contributed by atoms with E-state index in [2.05, 4.69) is 16.1 Å². The number of carbonyl (C=O) groups is 1. The Hall–Kier alpha value is -1.82. The molecule has 5 atom stereocenters. The number of hydrogen-bond acceptors (Lipinski definition) is 5. The second-order valence-electron chi connectivity index (χ2n) is 7.47. The van der Waals surface area contributed by atoms with Crippen LogP contribution in [0.5, 0.6) is 0 Å². The number of carbonyl (C=O) groups excluding carboxylic acids is 1. The van der Waals surface area contributed by atoms with Crippen molar-refractivity contribution in [3.05, 3.63) is 35.1 Å². The fraction of sp³-hybridized carbons (Fsp3) is 0.611. The highest BCUT2D eigenvalue weighted by atomic mass is 19.4. The predicted octanol–water partition coefficient (Wildman–Crippen LogP) is 1.96. The summed E-state index contributed by atoms with van der Waals surface area (Å²) < 4.78 is 66.4. The molecule has 0 bridgehead atoms. The van der Waals surface area contributed by atoms with Gasteiger partial charge in [0.15, 0.2) is 0 Å². The maximum atomic E-state index is 14.1. The van der Waals surface area contributed by atoms with Crippen LogP contribution in [-0.2, 0) is 11.0 Å². The van der Waals surface area contributed by atoms with Crippen LogP contribution in [-0.4, -0.2) is 55.1 Å². The molecule has 2 aliphatic heterocycles. The van der Waals surface area contributed by atoms with E-state index in [1.54, 1.807) is 30.9 Å². The van der Waals surface area contributed by atoms with Gasteiger partial charge in [0.1, 0.15) is 18.8 Å². The zero-order valence-electron chi connectivity index (χ0n) is 16.2. The van der Waals surface area contributed by atoms with Gasteiger partial charge in [0.2, 0.25) is 5.91 Å². The zero-order valence-corrected chi connectivity index (χ0v) is 16.2. The van der Waals surface area contributed by atoms with Crippen LogP contribution in [0, 0.1) is 11.7 Å². The van der Waals surface area contributed by atoms with Crippen molar-refractivity contribution in [3.63, 3.8) is 0 Å². The van der Waals surface area contributed by atoms with Gasteiger partial charge in [0, 0.05) is 0 Å². The zero-order chi connectivity index (χ0) is 21.5. The molecule has 5 unspecified atom stereocenters. The summed E-state index contributed by atoms with van der Waals surface area (Å²) in [6.07, 6.45) is -5.51. The van der Waals surface area contributed by atoms with Crippen molar-refractivity contribution < 1.29 is 26.7 Å². The summed E-state index contributed by atoms with van der Waals surface area (Å²) in [5, 5.41) is 7.59. The van der Waals surface area contributed by atoms with E-state index >= 15 is 0 Å². The van der Waals surface area contributed by atoms with Crippen LogP contribution in [0.1, 0.15) is 30.5 Å². The highest BCUT2D eigenvalue weighted by Crippen LogP contribution is 2.37. The summed E-state index contributed by atoms with van der Waals surface area (Å²) in [5.74, 6) is -2.45. The van der Waals surface area contributed by atoms with Gasteiger partial charge in [-0.3, -0.25) is 15.0 Å². The van der Waals surface area contributed by atoms with Gasteiger partial charge >= 0.3 is 6.18 Å². The van der Waals surface area contributed by atoms with Crippen molar-refractivity contribution in [2.24, 2.45) is 5.92 Å². The minimum Gasteiger partial charge on any atom is -0.327 e. The normalized spacial score (nSPS) is 29.1. The molecule has 6 nitrogen and oxygen atoms in total. The molecule has 3 N–H and O–H groups in total. The summed E-state index contributed by atoms with van der Waals surface area (Å²) >= 11 is 0. The Bertz CT molecular complexity index is 759. The lowest BCUT2D eigenvalue weighted by atomic mass is 9.95. The summed E-state index contributed by atoms with van der Waals surface area (Å²) in [4.78, 5) is 14.3. The molecule has 2 aliphatic rings. The minimum absolute atomic E-state index is 0.304. The molecule has 162 valence electrons. The first-order chi connectivity index (χ1) is 13.6. The molecular weight excluding hydrogens is 397 g/mol. The molecule has 0 aromatic heterocycles. The molecule has 1 amide bonds. The highest BCUT2D eigenvalue weighted by molar-refractivity contribution is 5.81. The van der Waals surface area contributed by atoms with Crippen molar-refractivity contribution in [1.29, 1.82) is 0 Å². The van der Waals surface area contributed by atoms with Crippen LogP contribution in [0.25, 0.3) is 0 Å². The molecule has 2 saturated heterocycles. The Labute approximate surface area is 165 Å². The van der Waals surface area contributed by atoms with Crippen LogP contribution in [0.4, 0.5) is 22.0 Å². The highest BCUT2D eigenvalue weighted by Gasteiger charge is 2.51. The van der Waals surface area contributed by atoms with Gasteiger partial charge in [-0.1, -0.05) is 13.0 Å². The molecule has 0 saturated carbocycles. The molecule has 2 heterocycles. The first-order valence-electron chi connectivity index (χ1n) is 9.28. The lowest BCUT2D eigenvalue weighted by molar-refractivity contribution is -0.140. The van der Waals surface area contributed by atoms with Crippen molar-refractivity contribution in [2.45, 2.75) is 44.1 Å². The number of amides is 1. The number of fused-ring (bicyclic) bond motifs is 1. The topological polar surface area (TPSA) is 59.6 Å². The molecule has 2 fully saturated rings. The number of benzene rings is 1. The SMILES string of the molecule is CCC(c1ccc(C(F)(F)F)c(F)c1)N1NC(CF)C2C(=O)NC(N(C)C)NC21. The maximum Gasteiger partial charge on any atom is 0.419 e. The third-order valence-electron chi connectivity index (χ3n) is 5.39. The van der Waals surface area contributed by atoms with Crippen LogP contribution < -0.4 is 16.1 Å². The van der Waals surface area contributed by atoms with E-state index in [1.807, 2.05) is 0 Å². The summed E-state index contributed by atoms with van der Waals surface area (Å²) in [7, 11) is 3.50. The van der Waals surface area contributed by atoms with Crippen LogP contribution in [0.3, 0.4) is 0 Å². The van der Waals surface area contributed by atoms with E-state index in [1.165, 1.54) is 6.07 Å². The Morgan fingerprint density at radius 3 is 2.48 bits per heavy atom. The molecular formula is C18H24F5N5O. The number of nitrogens with zero attached hydrogens (tertiary/aromatic N) is 2. The minimum atomic E-state index is -4.79. The van der Waals surface area contributed by atoms with Crippen molar-refractivity contribution >= 4 is 5.91 Å². The average Bonchev–Trinajstić information content (AvgIpc) is 3.00. The Balaban J connectivity index is 1.94. The Morgan fingerprint density at radius 1 is 1.28 bits per heavy atom. The summed E-state index contributed by atoms with van der Waals surface area (Å²) in [6, 6.07) is 1.40. The number of hydrogen-bond donors (Lipinski definition) is 3. The van der Waals surface area contributed by atoms with Crippen LogP contribution >= 0.6 is 0 Å². The molecule has 3 rings (SSSR count). The lowest BCUT2D eigenvalue weighted by Gasteiger charge is -2.41. The number of hydrazine groups is 1. The van der Waals surface area contributed by atoms with Crippen molar-refractivity contribution in [1.82, 2.24) is 26.0 Å². The monoisotopic (exact) mass is 421 g/mol. The molecule has 0 spiro atoms.